The summed E-state index contributed by atoms with van der Waals surface area (Å²) in [7, 11) is 4.56. The number of carbonyl (C=O) groups is 1. The van der Waals surface area contributed by atoms with Crippen molar-refractivity contribution < 1.29 is 23.9 Å². The van der Waals surface area contributed by atoms with Crippen molar-refractivity contribution in [1.29, 1.82) is 0 Å². The van der Waals surface area contributed by atoms with E-state index in [4.69, 9.17) is 14.3 Å². The SMILES string of the molecule is CON=CC(=O)N(C)c1ccccc1COc1ccc2c(c1)OCC2=NOC. The van der Waals surface area contributed by atoms with Gasteiger partial charge in [0, 0.05) is 24.2 Å². The summed E-state index contributed by atoms with van der Waals surface area (Å²) in [5.74, 6) is 1.05. The molecule has 0 unspecified atom stereocenters. The van der Waals surface area contributed by atoms with Gasteiger partial charge in [-0.25, -0.2) is 0 Å². The lowest BCUT2D eigenvalue weighted by Crippen LogP contribution is -2.28. The van der Waals surface area contributed by atoms with Crippen molar-refractivity contribution in [1.82, 2.24) is 0 Å². The van der Waals surface area contributed by atoms with E-state index in [0.29, 0.717) is 18.1 Å². The van der Waals surface area contributed by atoms with Crippen molar-refractivity contribution in [2.24, 2.45) is 10.3 Å². The van der Waals surface area contributed by atoms with Gasteiger partial charge in [-0.2, -0.15) is 0 Å². The average molecular weight is 383 g/mol. The van der Waals surface area contributed by atoms with Crippen LogP contribution in [-0.2, 0) is 21.1 Å². The molecule has 0 spiro atoms. The third-order valence-electron chi connectivity index (χ3n) is 4.18. The van der Waals surface area contributed by atoms with E-state index >= 15 is 0 Å². The first-order chi connectivity index (χ1) is 13.6. The zero-order chi connectivity index (χ0) is 19.9. The van der Waals surface area contributed by atoms with E-state index in [1.807, 2.05) is 42.5 Å². The molecule has 0 bridgehead atoms. The number of para-hydroxylation sites is 1. The molecular weight excluding hydrogens is 362 g/mol. The summed E-state index contributed by atoms with van der Waals surface area (Å²) in [5.41, 5.74) is 3.21. The van der Waals surface area contributed by atoms with Crippen LogP contribution in [0.1, 0.15) is 11.1 Å². The molecular formula is C20H21N3O5. The molecule has 0 saturated carbocycles. The number of oxime groups is 2. The molecule has 146 valence electrons. The van der Waals surface area contributed by atoms with Crippen LogP contribution < -0.4 is 14.4 Å². The van der Waals surface area contributed by atoms with Gasteiger partial charge in [-0.05, 0) is 18.2 Å². The monoisotopic (exact) mass is 383 g/mol. The summed E-state index contributed by atoms with van der Waals surface area (Å²) in [6, 6.07) is 13.0. The summed E-state index contributed by atoms with van der Waals surface area (Å²) in [5, 5.41) is 7.46. The smallest absolute Gasteiger partial charge is 0.272 e. The van der Waals surface area contributed by atoms with Crippen LogP contribution in [0.25, 0.3) is 0 Å². The number of hydrogen-bond donors (Lipinski definition) is 0. The predicted molar refractivity (Wildman–Crippen MR) is 105 cm³/mol. The van der Waals surface area contributed by atoms with Gasteiger partial charge in [0.2, 0.25) is 0 Å². The topological polar surface area (TPSA) is 82.0 Å². The molecule has 2 aromatic rings. The lowest BCUT2D eigenvalue weighted by molar-refractivity contribution is -0.112. The summed E-state index contributed by atoms with van der Waals surface area (Å²) in [6.07, 6.45) is 1.12. The highest BCUT2D eigenvalue weighted by Gasteiger charge is 2.21. The number of ether oxygens (including phenoxy) is 2. The number of amides is 1. The minimum atomic E-state index is -0.301. The molecule has 3 rings (SSSR count). The molecule has 8 heteroatoms. The van der Waals surface area contributed by atoms with E-state index in [9.17, 15) is 4.79 Å². The van der Waals surface area contributed by atoms with Crippen molar-refractivity contribution in [3.63, 3.8) is 0 Å². The minimum absolute atomic E-state index is 0.285. The largest absolute Gasteiger partial charge is 0.489 e. The van der Waals surface area contributed by atoms with E-state index in [1.165, 1.54) is 19.1 Å². The molecule has 0 saturated heterocycles. The fraction of sp³-hybridized carbons (Fsp3) is 0.250. The maximum absolute atomic E-state index is 12.2. The Morgan fingerprint density at radius 2 is 2.04 bits per heavy atom. The van der Waals surface area contributed by atoms with Crippen LogP contribution in [0.3, 0.4) is 0 Å². The molecule has 0 fully saturated rings. The molecule has 1 aliphatic rings. The van der Waals surface area contributed by atoms with Gasteiger partial charge < -0.3 is 24.0 Å². The van der Waals surface area contributed by atoms with Crippen LogP contribution in [0.5, 0.6) is 11.5 Å². The Morgan fingerprint density at radius 1 is 1.21 bits per heavy atom. The Hall–Kier alpha value is -3.55. The Morgan fingerprint density at radius 3 is 2.82 bits per heavy atom. The van der Waals surface area contributed by atoms with E-state index in [-0.39, 0.29) is 12.5 Å². The van der Waals surface area contributed by atoms with E-state index in [1.54, 1.807) is 7.05 Å². The molecule has 1 heterocycles. The first kappa shape index (κ1) is 19.2. The maximum Gasteiger partial charge on any atom is 0.272 e. The second-order valence-corrected chi connectivity index (χ2v) is 5.90. The molecule has 1 amide bonds. The normalized spacial score (nSPS) is 13.9. The first-order valence-corrected chi connectivity index (χ1v) is 8.56. The van der Waals surface area contributed by atoms with E-state index in [2.05, 4.69) is 15.1 Å². The number of carbonyl (C=O) groups excluding carboxylic acids is 1. The average Bonchev–Trinajstić information content (AvgIpc) is 3.12. The second-order valence-electron chi connectivity index (χ2n) is 5.90. The fourth-order valence-corrected chi connectivity index (χ4v) is 2.78. The van der Waals surface area contributed by atoms with Gasteiger partial charge in [0.1, 0.15) is 50.9 Å². The molecule has 0 atom stereocenters. The van der Waals surface area contributed by atoms with Crippen LogP contribution in [0.4, 0.5) is 5.69 Å². The number of anilines is 1. The Bertz CT molecular complexity index is 910. The van der Waals surface area contributed by atoms with Gasteiger partial charge in [0.05, 0.1) is 5.69 Å². The molecule has 8 nitrogen and oxygen atoms in total. The zero-order valence-corrected chi connectivity index (χ0v) is 15.9. The third-order valence-corrected chi connectivity index (χ3v) is 4.18. The van der Waals surface area contributed by atoms with Crippen LogP contribution >= 0.6 is 0 Å². The third kappa shape index (κ3) is 4.22. The first-order valence-electron chi connectivity index (χ1n) is 8.56. The summed E-state index contributed by atoms with van der Waals surface area (Å²) in [4.78, 5) is 23.0. The minimum Gasteiger partial charge on any atom is -0.489 e. The number of benzene rings is 2. The molecule has 28 heavy (non-hydrogen) atoms. The van der Waals surface area contributed by atoms with Gasteiger partial charge in [-0.15, -0.1) is 0 Å². The Kier molecular flexibility index (Phi) is 6.11. The van der Waals surface area contributed by atoms with Gasteiger partial charge in [0.15, 0.2) is 0 Å². The van der Waals surface area contributed by atoms with Crippen LogP contribution in [0, 0.1) is 0 Å². The number of nitrogens with zero attached hydrogens (tertiary/aromatic N) is 3. The van der Waals surface area contributed by atoms with Crippen molar-refractivity contribution in [3.8, 4) is 11.5 Å². The van der Waals surface area contributed by atoms with Gasteiger partial charge >= 0.3 is 0 Å². The highest BCUT2D eigenvalue weighted by molar-refractivity contribution is 6.32. The van der Waals surface area contributed by atoms with Gasteiger partial charge in [-0.3, -0.25) is 4.79 Å². The van der Waals surface area contributed by atoms with E-state index in [0.717, 1.165) is 28.7 Å². The van der Waals surface area contributed by atoms with Crippen molar-refractivity contribution in [3.05, 3.63) is 53.6 Å². The number of hydrogen-bond acceptors (Lipinski definition) is 7. The van der Waals surface area contributed by atoms with E-state index < -0.39 is 0 Å². The maximum atomic E-state index is 12.2. The molecule has 0 radical (unpaired) electrons. The summed E-state index contributed by atoms with van der Waals surface area (Å²) < 4.78 is 11.5. The van der Waals surface area contributed by atoms with Crippen LogP contribution in [0.15, 0.2) is 52.8 Å². The highest BCUT2D eigenvalue weighted by atomic mass is 16.6. The lowest BCUT2D eigenvalue weighted by atomic mass is 10.1. The summed E-state index contributed by atoms with van der Waals surface area (Å²) >= 11 is 0. The molecule has 0 aromatic heterocycles. The fourth-order valence-electron chi connectivity index (χ4n) is 2.78. The highest BCUT2D eigenvalue weighted by Crippen LogP contribution is 2.31. The van der Waals surface area contributed by atoms with Crippen LogP contribution in [0.2, 0.25) is 0 Å². The molecule has 0 aliphatic carbocycles. The van der Waals surface area contributed by atoms with Crippen LogP contribution in [-0.4, -0.2) is 45.7 Å². The predicted octanol–water partition coefficient (Wildman–Crippen LogP) is 2.60. The number of rotatable bonds is 7. The van der Waals surface area contributed by atoms with Gasteiger partial charge in [0.25, 0.3) is 5.91 Å². The second kappa shape index (κ2) is 8.90. The molecule has 0 N–H and O–H groups in total. The van der Waals surface area contributed by atoms with Gasteiger partial charge in [-0.1, -0.05) is 28.5 Å². The summed E-state index contributed by atoms with van der Waals surface area (Å²) in [6.45, 7) is 0.651. The molecule has 2 aromatic carbocycles. The lowest BCUT2D eigenvalue weighted by Gasteiger charge is -2.19. The van der Waals surface area contributed by atoms with Crippen molar-refractivity contribution in [2.75, 3.05) is 32.8 Å². The standard InChI is InChI=1S/C20H21N3O5/c1-23(20(24)11-21-25-2)18-7-5-4-6-14(18)12-27-15-8-9-16-17(22-26-3)13-28-19(16)10-15/h4-11H,12-13H2,1-3H3. The zero-order valence-electron chi connectivity index (χ0n) is 15.9. The molecule has 1 aliphatic heterocycles. The Labute approximate surface area is 162 Å². The number of fused-ring (bicyclic) bond motifs is 1. The van der Waals surface area contributed by atoms with Crippen molar-refractivity contribution in [2.45, 2.75) is 6.61 Å². The Balaban J connectivity index is 1.73. The van der Waals surface area contributed by atoms with Crippen molar-refractivity contribution >= 4 is 23.5 Å². The quantitative estimate of drug-likeness (QED) is 0.542.